The third-order valence-corrected chi connectivity index (χ3v) is 18.2. The first-order valence-corrected chi connectivity index (χ1v) is 23.5. The molecule has 9 rings (SSSR count). The highest BCUT2D eigenvalue weighted by Gasteiger charge is 2.69. The van der Waals surface area contributed by atoms with Crippen LogP contribution in [-0.2, 0) is 37.9 Å². The van der Waals surface area contributed by atoms with E-state index in [1.165, 1.54) is 26.7 Å². The molecule has 9 aliphatic rings. The van der Waals surface area contributed by atoms with E-state index in [0.717, 1.165) is 58.0 Å². The maximum Gasteiger partial charge on any atom is 0.187 e. The number of rotatable bonds is 7. The van der Waals surface area contributed by atoms with Gasteiger partial charge in [0.05, 0.1) is 37.6 Å². The molecular weight excluding hydrogens is 796 g/mol. The van der Waals surface area contributed by atoms with Gasteiger partial charge in [0.1, 0.15) is 61.0 Å². The van der Waals surface area contributed by atoms with Crippen molar-refractivity contribution < 1.29 is 78.7 Å². The second kappa shape index (κ2) is 16.9. The quantitative estimate of drug-likeness (QED) is 0.169. The molecule has 4 saturated carbocycles. The van der Waals surface area contributed by atoms with Crippen LogP contribution in [0.4, 0.5) is 0 Å². The van der Waals surface area contributed by atoms with Gasteiger partial charge in [0.15, 0.2) is 24.7 Å². The van der Waals surface area contributed by atoms with E-state index in [9.17, 15) is 40.9 Å². The monoisotopic (exact) mass is 870 g/mol. The first-order chi connectivity index (χ1) is 28.9. The van der Waals surface area contributed by atoms with Gasteiger partial charge in [-0.05, 0) is 118 Å². The predicted octanol–water partition coefficient (Wildman–Crippen LogP) is 1.32. The molecule has 16 nitrogen and oxygen atoms in total. The van der Waals surface area contributed by atoms with Crippen molar-refractivity contribution in [1.82, 2.24) is 0 Å². The summed E-state index contributed by atoms with van der Waals surface area (Å²) in [5.41, 5.74) is 0.350. The molecule has 27 atom stereocenters. The molecule has 1 spiro atoms. The molecule has 4 aliphatic carbocycles. The van der Waals surface area contributed by atoms with Gasteiger partial charge in [-0.1, -0.05) is 27.7 Å². The minimum atomic E-state index is -1.70. The lowest BCUT2D eigenvalue weighted by Crippen LogP contribution is -2.66. The van der Waals surface area contributed by atoms with Gasteiger partial charge in [0, 0.05) is 12.3 Å². The summed E-state index contributed by atoms with van der Waals surface area (Å²) < 4.78 is 50.3. The molecule has 5 aliphatic heterocycles. The second-order valence-corrected chi connectivity index (χ2v) is 21.5. The van der Waals surface area contributed by atoms with Gasteiger partial charge in [-0.3, -0.25) is 0 Å². The van der Waals surface area contributed by atoms with Crippen molar-refractivity contribution in [3.63, 3.8) is 0 Å². The Hall–Kier alpha value is -0.640. The standard InChI is InChI=1S/C45H74O16/c1-19-9-14-45(54-18-19)20(2)30-28(61-45)16-27-25-8-7-23-15-24(10-12-43(23,5)26(25)11-13-44(27,30)6)57-42-39(60-41-36(52)34(50)32(48)22(4)56-41)37(53)38(29(17-46)58-42)59-40-35(51)33(49)31(47)21(3)55-40/h19-42,46-53H,7-18H2,1-6H3/t19-,20?,21-,22+,23-,24+,25?,26?,27?,28?,29-,30?,31-,32+,33+,34-,35-,36-,37+,38-,39-,40-,41+,42?,43+,44+,45?/m1/s1. The molecule has 61 heavy (non-hydrogen) atoms. The third-order valence-electron chi connectivity index (χ3n) is 18.2. The Morgan fingerprint density at radius 1 is 0.590 bits per heavy atom. The fraction of sp³-hybridized carbons (Fsp3) is 1.00. The molecule has 5 heterocycles. The Morgan fingerprint density at radius 3 is 1.85 bits per heavy atom. The summed E-state index contributed by atoms with van der Waals surface area (Å²) in [6, 6.07) is 0. The Kier molecular flexibility index (Phi) is 12.6. The summed E-state index contributed by atoms with van der Waals surface area (Å²) in [6.45, 7) is 12.9. The summed E-state index contributed by atoms with van der Waals surface area (Å²) >= 11 is 0. The van der Waals surface area contributed by atoms with Crippen molar-refractivity contribution in [2.24, 2.45) is 52.3 Å². The molecule has 5 saturated heterocycles. The van der Waals surface area contributed by atoms with Crippen LogP contribution < -0.4 is 0 Å². The summed E-state index contributed by atoms with van der Waals surface area (Å²) in [5, 5.41) is 85.9. The van der Waals surface area contributed by atoms with Crippen LogP contribution in [0.25, 0.3) is 0 Å². The van der Waals surface area contributed by atoms with Crippen LogP contribution in [0, 0.1) is 52.3 Å². The second-order valence-electron chi connectivity index (χ2n) is 21.5. The van der Waals surface area contributed by atoms with Crippen molar-refractivity contribution in [3.8, 4) is 0 Å². The topological polar surface area (TPSA) is 236 Å². The number of hydrogen-bond acceptors (Lipinski definition) is 16. The van der Waals surface area contributed by atoms with E-state index < -0.39 is 105 Å². The fourth-order valence-electron chi connectivity index (χ4n) is 14.6. The number of fused-ring (bicyclic) bond motifs is 7. The zero-order chi connectivity index (χ0) is 43.5. The highest BCUT2D eigenvalue weighted by atomic mass is 16.8. The van der Waals surface area contributed by atoms with Crippen LogP contribution in [0.3, 0.4) is 0 Å². The molecular formula is C45H74O16. The average Bonchev–Trinajstić information content (AvgIpc) is 3.69. The van der Waals surface area contributed by atoms with E-state index in [4.69, 9.17) is 37.9 Å². The molecule has 8 N–H and O–H groups in total. The predicted molar refractivity (Wildman–Crippen MR) is 213 cm³/mol. The first-order valence-electron chi connectivity index (χ1n) is 23.5. The minimum absolute atomic E-state index is 0.122. The molecule has 0 radical (unpaired) electrons. The number of aliphatic hydroxyl groups excluding tert-OH is 8. The maximum absolute atomic E-state index is 12.0. The fourth-order valence-corrected chi connectivity index (χ4v) is 14.6. The van der Waals surface area contributed by atoms with Crippen molar-refractivity contribution in [2.75, 3.05) is 13.2 Å². The highest BCUT2D eigenvalue weighted by Crippen LogP contribution is 2.71. The van der Waals surface area contributed by atoms with E-state index in [0.29, 0.717) is 41.4 Å². The molecule has 0 aromatic carbocycles. The average molecular weight is 871 g/mol. The Bertz CT molecular complexity index is 1530. The van der Waals surface area contributed by atoms with Crippen molar-refractivity contribution >= 4 is 0 Å². The van der Waals surface area contributed by atoms with Gasteiger partial charge >= 0.3 is 0 Å². The largest absolute Gasteiger partial charge is 0.394 e. The number of aliphatic hydroxyl groups is 8. The normalized spacial score (nSPS) is 59.7. The van der Waals surface area contributed by atoms with E-state index in [1.54, 1.807) is 0 Å². The van der Waals surface area contributed by atoms with Crippen LogP contribution in [0.15, 0.2) is 0 Å². The molecule has 16 heteroatoms. The van der Waals surface area contributed by atoms with Crippen molar-refractivity contribution in [3.05, 3.63) is 0 Å². The molecule has 350 valence electrons. The minimum Gasteiger partial charge on any atom is -0.394 e. The smallest absolute Gasteiger partial charge is 0.187 e. The van der Waals surface area contributed by atoms with Crippen LogP contribution in [0.1, 0.15) is 106 Å². The Labute approximate surface area is 359 Å². The van der Waals surface area contributed by atoms with E-state index >= 15 is 0 Å². The summed E-state index contributed by atoms with van der Waals surface area (Å²) in [5.74, 6) is 3.27. The SMILES string of the molecule is CC1C2C(CC3C4CC[C@@H]5C[C@@H](OC6O[C@H](CO)[C@@H](O[C@H]7O[C@H](C)[C@@H](O)[C@H](O)[C@H]7O)[C@H](O)[C@H]6O[C@@H]6O[C@@H](C)[C@H](O)[C@@H](O)[C@H]6O)CC[C@]5(C)C4CC[C@@]32C)OC12CC[C@@H](C)CO2. The third kappa shape index (κ3) is 7.50. The maximum atomic E-state index is 12.0. The first kappa shape index (κ1) is 45.5. The van der Waals surface area contributed by atoms with Gasteiger partial charge in [0.25, 0.3) is 0 Å². The number of ether oxygens (including phenoxy) is 8. The van der Waals surface area contributed by atoms with Crippen LogP contribution in [-0.4, -0.2) is 164 Å². The van der Waals surface area contributed by atoms with Gasteiger partial charge in [-0.15, -0.1) is 0 Å². The van der Waals surface area contributed by atoms with E-state index in [2.05, 4.69) is 27.7 Å². The molecule has 0 amide bonds. The molecule has 0 aromatic rings. The van der Waals surface area contributed by atoms with E-state index in [1.807, 2.05) is 0 Å². The Morgan fingerprint density at radius 2 is 1.23 bits per heavy atom. The lowest BCUT2D eigenvalue weighted by atomic mass is 9.44. The molecule has 9 fully saturated rings. The number of hydrogen-bond donors (Lipinski definition) is 8. The Balaban J connectivity index is 0.897. The molecule has 0 aromatic heterocycles. The van der Waals surface area contributed by atoms with Gasteiger partial charge < -0.3 is 78.7 Å². The summed E-state index contributed by atoms with van der Waals surface area (Å²) in [7, 11) is 0. The molecule has 0 bridgehead atoms. The lowest BCUT2D eigenvalue weighted by Gasteiger charge is -2.61. The van der Waals surface area contributed by atoms with Gasteiger partial charge in [-0.25, -0.2) is 0 Å². The zero-order valence-electron chi connectivity index (χ0n) is 36.7. The summed E-state index contributed by atoms with van der Waals surface area (Å²) in [6.07, 6.45) is -11.0. The summed E-state index contributed by atoms with van der Waals surface area (Å²) in [4.78, 5) is 0. The van der Waals surface area contributed by atoms with E-state index in [-0.39, 0.29) is 23.0 Å². The van der Waals surface area contributed by atoms with Crippen LogP contribution in [0.2, 0.25) is 0 Å². The van der Waals surface area contributed by atoms with Gasteiger partial charge in [0.2, 0.25) is 0 Å². The lowest BCUT2D eigenvalue weighted by molar-refractivity contribution is -0.389. The van der Waals surface area contributed by atoms with Crippen LogP contribution >= 0.6 is 0 Å². The molecule has 8 unspecified atom stereocenters. The van der Waals surface area contributed by atoms with Crippen molar-refractivity contribution in [1.29, 1.82) is 0 Å². The zero-order valence-corrected chi connectivity index (χ0v) is 36.7. The highest BCUT2D eigenvalue weighted by molar-refractivity contribution is 5.15. The van der Waals surface area contributed by atoms with Crippen LogP contribution in [0.5, 0.6) is 0 Å². The van der Waals surface area contributed by atoms with Crippen molar-refractivity contribution in [2.45, 2.75) is 216 Å². The van der Waals surface area contributed by atoms with Gasteiger partial charge in [-0.2, -0.15) is 0 Å².